The predicted octanol–water partition coefficient (Wildman–Crippen LogP) is 1.29. The van der Waals surface area contributed by atoms with Crippen LogP contribution < -0.4 is 0 Å². The lowest BCUT2D eigenvalue weighted by molar-refractivity contribution is 0.0874. The predicted molar refractivity (Wildman–Crippen MR) is 39.8 cm³/mol. The van der Waals surface area contributed by atoms with Crippen molar-refractivity contribution >= 4 is 5.91 Å². The summed E-state index contributed by atoms with van der Waals surface area (Å²) in [5.74, 6) is -0.750. The van der Waals surface area contributed by atoms with Crippen molar-refractivity contribution in [3.8, 4) is 6.07 Å². The normalized spacial score (nSPS) is 12.0. The van der Waals surface area contributed by atoms with E-state index in [9.17, 15) is 4.79 Å². The molecule has 0 aliphatic carbocycles. The van der Waals surface area contributed by atoms with Crippen LogP contribution in [0.1, 0.15) is 11.7 Å². The minimum Gasteiger partial charge on any atom is -0.294 e. The minimum atomic E-state index is -0.567. The Bertz CT molecular complexity index is 282. The standard InChI is InChI=1S/C8H8N2O/c1-7(6-9)8(11)10-4-2-3-5-10/h2-5,7H,1H3. The van der Waals surface area contributed by atoms with E-state index in [1.807, 2.05) is 6.07 Å². The molecule has 1 aromatic rings. The highest BCUT2D eigenvalue weighted by Gasteiger charge is 2.11. The quantitative estimate of drug-likeness (QED) is 0.602. The van der Waals surface area contributed by atoms with Crippen LogP contribution in [0.15, 0.2) is 24.5 Å². The Hall–Kier alpha value is -1.56. The second-order valence-corrected chi connectivity index (χ2v) is 2.28. The first kappa shape index (κ1) is 7.55. The Balaban J connectivity index is 2.81. The van der Waals surface area contributed by atoms with E-state index in [1.165, 1.54) is 4.57 Å². The first-order valence-corrected chi connectivity index (χ1v) is 3.32. The van der Waals surface area contributed by atoms with Crippen LogP contribution in [-0.2, 0) is 0 Å². The number of nitriles is 1. The number of aromatic nitrogens is 1. The van der Waals surface area contributed by atoms with Crippen molar-refractivity contribution in [3.05, 3.63) is 24.5 Å². The molecule has 0 aliphatic heterocycles. The van der Waals surface area contributed by atoms with Gasteiger partial charge in [-0.3, -0.25) is 9.36 Å². The van der Waals surface area contributed by atoms with Crippen molar-refractivity contribution in [1.82, 2.24) is 4.57 Å². The third-order valence-electron chi connectivity index (χ3n) is 1.42. The van der Waals surface area contributed by atoms with Gasteiger partial charge in [-0.1, -0.05) is 0 Å². The van der Waals surface area contributed by atoms with Crippen LogP contribution in [0, 0.1) is 17.2 Å². The van der Waals surface area contributed by atoms with E-state index < -0.39 is 5.92 Å². The molecule has 1 aromatic heterocycles. The van der Waals surface area contributed by atoms with Gasteiger partial charge >= 0.3 is 0 Å². The topological polar surface area (TPSA) is 45.8 Å². The maximum Gasteiger partial charge on any atom is 0.247 e. The number of carbonyl (C=O) groups excluding carboxylic acids is 1. The molecule has 0 aromatic carbocycles. The second kappa shape index (κ2) is 3.02. The smallest absolute Gasteiger partial charge is 0.247 e. The Kier molecular flexibility index (Phi) is 2.07. The zero-order valence-corrected chi connectivity index (χ0v) is 6.19. The maximum atomic E-state index is 11.2. The fraction of sp³-hybridized carbons (Fsp3) is 0.250. The van der Waals surface area contributed by atoms with Gasteiger partial charge in [0.25, 0.3) is 0 Å². The molecule has 0 aliphatic rings. The summed E-state index contributed by atoms with van der Waals surface area (Å²) in [5, 5.41) is 8.42. The summed E-state index contributed by atoms with van der Waals surface area (Å²) in [6.07, 6.45) is 3.27. The molecule has 56 valence electrons. The highest BCUT2D eigenvalue weighted by molar-refractivity contribution is 5.83. The van der Waals surface area contributed by atoms with Crippen LogP contribution in [0.3, 0.4) is 0 Å². The van der Waals surface area contributed by atoms with Gasteiger partial charge in [0, 0.05) is 12.4 Å². The van der Waals surface area contributed by atoms with Crippen molar-refractivity contribution in [2.75, 3.05) is 0 Å². The summed E-state index contributed by atoms with van der Waals surface area (Å²) < 4.78 is 1.41. The Morgan fingerprint density at radius 1 is 1.55 bits per heavy atom. The van der Waals surface area contributed by atoms with Crippen LogP contribution in [0.2, 0.25) is 0 Å². The third kappa shape index (κ3) is 1.47. The van der Waals surface area contributed by atoms with E-state index in [-0.39, 0.29) is 5.91 Å². The minimum absolute atomic E-state index is 0.183. The third-order valence-corrected chi connectivity index (χ3v) is 1.42. The van der Waals surface area contributed by atoms with E-state index >= 15 is 0 Å². The number of rotatable bonds is 1. The molecule has 11 heavy (non-hydrogen) atoms. The zero-order valence-electron chi connectivity index (χ0n) is 6.19. The Morgan fingerprint density at radius 3 is 2.55 bits per heavy atom. The molecule has 0 radical (unpaired) electrons. The molecule has 0 saturated carbocycles. The van der Waals surface area contributed by atoms with Crippen molar-refractivity contribution < 1.29 is 4.79 Å². The average Bonchev–Trinajstić information content (AvgIpc) is 2.53. The molecule has 0 spiro atoms. The van der Waals surface area contributed by atoms with Gasteiger partial charge in [0.05, 0.1) is 6.07 Å². The summed E-state index contributed by atoms with van der Waals surface area (Å²) in [5.41, 5.74) is 0. The lowest BCUT2D eigenvalue weighted by Crippen LogP contribution is -2.15. The Morgan fingerprint density at radius 2 is 2.09 bits per heavy atom. The van der Waals surface area contributed by atoms with Gasteiger partial charge < -0.3 is 0 Å². The molecule has 1 atom stereocenters. The van der Waals surface area contributed by atoms with Gasteiger partial charge in [0.2, 0.25) is 5.91 Å². The van der Waals surface area contributed by atoms with E-state index in [2.05, 4.69) is 0 Å². The zero-order chi connectivity index (χ0) is 8.27. The van der Waals surface area contributed by atoms with Gasteiger partial charge in [0.1, 0.15) is 5.92 Å². The average molecular weight is 148 g/mol. The van der Waals surface area contributed by atoms with E-state index in [0.717, 1.165) is 0 Å². The van der Waals surface area contributed by atoms with Gasteiger partial charge in [-0.15, -0.1) is 0 Å². The Labute approximate surface area is 64.9 Å². The first-order valence-electron chi connectivity index (χ1n) is 3.32. The van der Waals surface area contributed by atoms with Gasteiger partial charge in [-0.05, 0) is 19.1 Å². The van der Waals surface area contributed by atoms with Crippen LogP contribution in [0.25, 0.3) is 0 Å². The van der Waals surface area contributed by atoms with E-state index in [4.69, 9.17) is 5.26 Å². The van der Waals surface area contributed by atoms with Crippen LogP contribution in [0.5, 0.6) is 0 Å². The highest BCUT2D eigenvalue weighted by Crippen LogP contribution is 1.99. The highest BCUT2D eigenvalue weighted by atomic mass is 16.2. The molecule has 1 rings (SSSR count). The lowest BCUT2D eigenvalue weighted by atomic mass is 10.2. The summed E-state index contributed by atoms with van der Waals surface area (Å²) in [4.78, 5) is 11.2. The molecule has 0 amide bonds. The van der Waals surface area contributed by atoms with Gasteiger partial charge in [0.15, 0.2) is 0 Å². The number of nitrogens with zero attached hydrogens (tertiary/aromatic N) is 2. The molecule has 1 unspecified atom stereocenters. The van der Waals surface area contributed by atoms with Crippen molar-refractivity contribution in [2.45, 2.75) is 6.92 Å². The van der Waals surface area contributed by atoms with Crippen LogP contribution in [-0.4, -0.2) is 10.5 Å². The van der Waals surface area contributed by atoms with Crippen LogP contribution in [0.4, 0.5) is 0 Å². The number of hydrogen-bond acceptors (Lipinski definition) is 2. The lowest BCUT2D eigenvalue weighted by Gasteiger charge is -2.00. The SMILES string of the molecule is CC(C#N)C(=O)n1cccc1. The van der Waals surface area contributed by atoms with Crippen molar-refractivity contribution in [1.29, 1.82) is 5.26 Å². The number of hydrogen-bond donors (Lipinski definition) is 0. The molecule has 1 heterocycles. The first-order chi connectivity index (χ1) is 5.25. The monoisotopic (exact) mass is 148 g/mol. The van der Waals surface area contributed by atoms with E-state index in [1.54, 1.807) is 31.5 Å². The molecule has 3 nitrogen and oxygen atoms in total. The molecular formula is C8H8N2O. The van der Waals surface area contributed by atoms with E-state index in [0.29, 0.717) is 0 Å². The summed E-state index contributed by atoms with van der Waals surface area (Å²) in [6, 6.07) is 5.39. The van der Waals surface area contributed by atoms with Gasteiger partial charge in [-0.2, -0.15) is 5.26 Å². The molecule has 0 bridgehead atoms. The van der Waals surface area contributed by atoms with Gasteiger partial charge in [-0.25, -0.2) is 0 Å². The number of carbonyl (C=O) groups is 1. The molecule has 0 N–H and O–H groups in total. The van der Waals surface area contributed by atoms with Crippen LogP contribution >= 0.6 is 0 Å². The molecule has 0 saturated heterocycles. The van der Waals surface area contributed by atoms with Crippen molar-refractivity contribution in [2.24, 2.45) is 5.92 Å². The fourth-order valence-electron chi connectivity index (χ4n) is 0.760. The van der Waals surface area contributed by atoms with Crippen molar-refractivity contribution in [3.63, 3.8) is 0 Å². The molecule has 0 fully saturated rings. The summed E-state index contributed by atoms with van der Waals surface area (Å²) >= 11 is 0. The summed E-state index contributed by atoms with van der Waals surface area (Å²) in [6.45, 7) is 1.59. The molecule has 3 heteroatoms. The second-order valence-electron chi connectivity index (χ2n) is 2.28. The largest absolute Gasteiger partial charge is 0.294 e. The maximum absolute atomic E-state index is 11.2. The molecular weight excluding hydrogens is 140 g/mol. The summed E-state index contributed by atoms with van der Waals surface area (Å²) in [7, 11) is 0. The fourth-order valence-corrected chi connectivity index (χ4v) is 0.760.